The van der Waals surface area contributed by atoms with Crippen LogP contribution in [0.25, 0.3) is 0 Å². The smallest absolute Gasteiger partial charge is 0.0445 e. The van der Waals surface area contributed by atoms with E-state index < -0.39 is 5.97 Å². The Balaban J connectivity index is 0.00000841. The second kappa shape index (κ2) is 17.3. The van der Waals surface area contributed by atoms with Crippen molar-refractivity contribution in [1.82, 2.24) is 6.15 Å². The summed E-state index contributed by atoms with van der Waals surface area (Å²) in [4.78, 5) is 11.7. The van der Waals surface area contributed by atoms with E-state index in [0.717, 1.165) is 32.1 Å². The number of aryl methyl sites for hydroxylation is 1. The van der Waals surface area contributed by atoms with Gasteiger partial charge in [-0.3, -0.25) is 0 Å². The minimum atomic E-state index is -0.848. The molecule has 1 aromatic rings. The van der Waals surface area contributed by atoms with Crippen molar-refractivity contribution in [3.8, 4) is 0 Å². The van der Waals surface area contributed by atoms with Gasteiger partial charge in [0.25, 0.3) is 0 Å². The molecule has 0 saturated carbocycles. The summed E-state index contributed by atoms with van der Waals surface area (Å²) in [6.07, 6.45) is 17.2. The predicted octanol–water partition coefficient (Wildman–Crippen LogP) is 7.48. The zero-order valence-electron chi connectivity index (χ0n) is 20.4. The molecule has 0 aromatic heterocycles. The van der Waals surface area contributed by atoms with Gasteiger partial charge in [-0.05, 0) is 68.3 Å². The summed E-state index contributed by atoms with van der Waals surface area (Å²) in [5, 5.41) is 11.7. The molecule has 4 N–H and O–H groups in total. The van der Waals surface area contributed by atoms with Crippen LogP contribution in [0.2, 0.25) is 0 Å². The van der Waals surface area contributed by atoms with E-state index in [1.807, 2.05) is 18.2 Å². The molecule has 0 heterocycles. The normalized spacial score (nSPS) is 12.4. The van der Waals surface area contributed by atoms with E-state index in [1.54, 1.807) is 0 Å². The Hall–Kier alpha value is -1.35. The SMILES string of the molecule is CCCCC(CCCC)(CCCC)CCCC(CCCc1ccccc1)C(=O)[O-].[NH4+]. The topological polar surface area (TPSA) is 76.6 Å². The standard InChI is InChI=1S/C27H46O2.H3N/c1-4-7-20-27(21-8-5-2,22-9-6-3)23-14-19-25(26(28)29)18-13-17-24-15-11-10-12-16-24;/h10-12,15-16,25H,4-9,13-14,17-23H2,1-3H3,(H,28,29);1H3. The van der Waals surface area contributed by atoms with E-state index in [1.165, 1.54) is 69.8 Å². The Morgan fingerprint density at radius 3 is 1.73 bits per heavy atom. The van der Waals surface area contributed by atoms with Gasteiger partial charge in [0.15, 0.2) is 0 Å². The van der Waals surface area contributed by atoms with E-state index in [-0.39, 0.29) is 12.1 Å². The molecule has 1 aromatic carbocycles. The second-order valence-electron chi connectivity index (χ2n) is 9.10. The third-order valence-corrected chi connectivity index (χ3v) is 6.64. The lowest BCUT2D eigenvalue weighted by atomic mass is 9.70. The molecule has 0 aliphatic carbocycles. The number of carbonyl (C=O) groups is 1. The summed E-state index contributed by atoms with van der Waals surface area (Å²) in [7, 11) is 0. The largest absolute Gasteiger partial charge is 0.550 e. The number of unbranched alkanes of at least 4 members (excludes halogenated alkanes) is 3. The van der Waals surface area contributed by atoms with Crippen LogP contribution in [0.15, 0.2) is 30.3 Å². The molecule has 3 heteroatoms. The van der Waals surface area contributed by atoms with E-state index in [0.29, 0.717) is 5.41 Å². The van der Waals surface area contributed by atoms with Crippen LogP contribution in [-0.2, 0) is 11.2 Å². The maximum Gasteiger partial charge on any atom is 0.0445 e. The predicted molar refractivity (Wildman–Crippen MR) is 129 cm³/mol. The molecule has 0 bridgehead atoms. The lowest BCUT2D eigenvalue weighted by Gasteiger charge is -2.35. The van der Waals surface area contributed by atoms with Gasteiger partial charge in [0.05, 0.1) is 0 Å². The number of hydrogen-bond donors (Lipinski definition) is 1. The summed E-state index contributed by atoms with van der Waals surface area (Å²) in [6, 6.07) is 10.4. The number of benzene rings is 1. The Kier molecular flexibility index (Phi) is 16.6. The summed E-state index contributed by atoms with van der Waals surface area (Å²) < 4.78 is 0. The molecule has 1 atom stereocenters. The minimum absolute atomic E-state index is 0. The van der Waals surface area contributed by atoms with Gasteiger partial charge < -0.3 is 16.1 Å². The van der Waals surface area contributed by atoms with Crippen molar-refractivity contribution >= 4 is 5.97 Å². The van der Waals surface area contributed by atoms with Crippen LogP contribution in [0.4, 0.5) is 0 Å². The van der Waals surface area contributed by atoms with Gasteiger partial charge in [-0.25, -0.2) is 0 Å². The van der Waals surface area contributed by atoms with Gasteiger partial charge >= 0.3 is 0 Å². The number of rotatable bonds is 18. The van der Waals surface area contributed by atoms with Crippen LogP contribution in [0.1, 0.15) is 116 Å². The fraction of sp³-hybridized carbons (Fsp3) is 0.741. The van der Waals surface area contributed by atoms with Crippen LogP contribution in [0, 0.1) is 11.3 Å². The maximum atomic E-state index is 11.7. The lowest BCUT2D eigenvalue weighted by molar-refractivity contribution is -0.312. The van der Waals surface area contributed by atoms with Crippen molar-refractivity contribution in [2.24, 2.45) is 11.3 Å². The number of carbonyl (C=O) groups excluding carboxylic acids is 1. The van der Waals surface area contributed by atoms with E-state index in [4.69, 9.17) is 0 Å². The molecule has 0 amide bonds. The fourth-order valence-electron chi connectivity index (χ4n) is 4.71. The Morgan fingerprint density at radius 1 is 0.800 bits per heavy atom. The molecule has 174 valence electrons. The van der Waals surface area contributed by atoms with Crippen LogP contribution in [-0.4, -0.2) is 5.97 Å². The van der Waals surface area contributed by atoms with Crippen molar-refractivity contribution in [2.75, 3.05) is 0 Å². The highest BCUT2D eigenvalue weighted by atomic mass is 16.4. The highest BCUT2D eigenvalue weighted by Crippen LogP contribution is 2.41. The zero-order valence-corrected chi connectivity index (χ0v) is 20.4. The molecule has 0 fully saturated rings. The van der Waals surface area contributed by atoms with E-state index >= 15 is 0 Å². The summed E-state index contributed by atoms with van der Waals surface area (Å²) >= 11 is 0. The Bertz CT molecular complexity index is 507. The van der Waals surface area contributed by atoms with Crippen molar-refractivity contribution in [1.29, 1.82) is 0 Å². The van der Waals surface area contributed by atoms with Gasteiger partial charge in [0.2, 0.25) is 0 Å². The third kappa shape index (κ3) is 11.7. The maximum absolute atomic E-state index is 11.7. The Morgan fingerprint density at radius 2 is 1.27 bits per heavy atom. The molecule has 0 spiro atoms. The molecular weight excluding hydrogens is 370 g/mol. The first-order chi connectivity index (χ1) is 14.1. The average molecular weight is 420 g/mol. The van der Waals surface area contributed by atoms with Crippen molar-refractivity contribution in [3.05, 3.63) is 35.9 Å². The highest BCUT2D eigenvalue weighted by Gasteiger charge is 2.28. The first-order valence-corrected chi connectivity index (χ1v) is 12.3. The fourth-order valence-corrected chi connectivity index (χ4v) is 4.71. The lowest BCUT2D eigenvalue weighted by Crippen LogP contribution is -2.32. The molecule has 0 saturated heterocycles. The average Bonchev–Trinajstić information content (AvgIpc) is 2.74. The molecule has 0 aliphatic rings. The van der Waals surface area contributed by atoms with Crippen molar-refractivity contribution in [3.63, 3.8) is 0 Å². The van der Waals surface area contributed by atoms with Gasteiger partial charge in [-0.1, -0.05) is 96.0 Å². The van der Waals surface area contributed by atoms with Crippen LogP contribution in [0.5, 0.6) is 0 Å². The monoisotopic (exact) mass is 419 g/mol. The van der Waals surface area contributed by atoms with Gasteiger partial charge in [-0.15, -0.1) is 0 Å². The number of hydrogen-bond acceptors (Lipinski definition) is 2. The Labute approximate surface area is 186 Å². The summed E-state index contributed by atoms with van der Waals surface area (Å²) in [6.45, 7) is 6.84. The van der Waals surface area contributed by atoms with Crippen LogP contribution in [0.3, 0.4) is 0 Å². The van der Waals surface area contributed by atoms with Gasteiger partial charge in [-0.2, -0.15) is 0 Å². The molecule has 0 aliphatic heterocycles. The number of carboxylic acid groups (broad SMARTS) is 1. The second-order valence-corrected chi connectivity index (χ2v) is 9.10. The van der Waals surface area contributed by atoms with E-state index in [9.17, 15) is 9.90 Å². The van der Waals surface area contributed by atoms with Gasteiger partial charge in [0.1, 0.15) is 0 Å². The third-order valence-electron chi connectivity index (χ3n) is 6.64. The molecule has 30 heavy (non-hydrogen) atoms. The summed E-state index contributed by atoms with van der Waals surface area (Å²) in [5.74, 6) is -1.14. The molecule has 1 unspecified atom stereocenters. The quantitative estimate of drug-likeness (QED) is 0.268. The van der Waals surface area contributed by atoms with Crippen LogP contribution >= 0.6 is 0 Å². The van der Waals surface area contributed by atoms with Crippen molar-refractivity contribution < 1.29 is 9.90 Å². The van der Waals surface area contributed by atoms with Crippen LogP contribution < -0.4 is 11.3 Å². The number of aliphatic carboxylic acids is 1. The molecule has 1 rings (SSSR count). The zero-order chi connectivity index (χ0) is 21.4. The van der Waals surface area contributed by atoms with Gasteiger partial charge in [0, 0.05) is 5.97 Å². The summed E-state index contributed by atoms with van der Waals surface area (Å²) in [5.41, 5.74) is 1.73. The van der Waals surface area contributed by atoms with Crippen molar-refractivity contribution in [2.45, 2.75) is 117 Å². The highest BCUT2D eigenvalue weighted by molar-refractivity contribution is 5.67. The number of carboxylic acids is 1. The first kappa shape index (κ1) is 28.6. The molecular formula is C27H49NO2. The first-order valence-electron chi connectivity index (χ1n) is 12.3. The molecule has 3 nitrogen and oxygen atoms in total. The minimum Gasteiger partial charge on any atom is -0.550 e. The molecule has 0 radical (unpaired) electrons. The van der Waals surface area contributed by atoms with E-state index in [2.05, 4.69) is 32.9 Å². The number of quaternary nitrogens is 1.